The van der Waals surface area contributed by atoms with Gasteiger partial charge in [-0.15, -0.1) is 0 Å². The number of anilines is 1. The van der Waals surface area contributed by atoms with Crippen LogP contribution in [0.1, 0.15) is 24.0 Å². The van der Waals surface area contributed by atoms with Crippen LogP contribution in [-0.2, 0) is 19.9 Å². The molecule has 2 N–H and O–H groups in total. The molecule has 3 fully saturated rings. The van der Waals surface area contributed by atoms with Crippen LogP contribution in [0.4, 0.5) is 5.95 Å². The molecule has 3 aliphatic rings. The van der Waals surface area contributed by atoms with E-state index < -0.39 is 11.6 Å². The van der Waals surface area contributed by atoms with E-state index in [0.29, 0.717) is 22.2 Å². The molecule has 1 amide bonds. The van der Waals surface area contributed by atoms with Gasteiger partial charge >= 0.3 is 5.97 Å². The van der Waals surface area contributed by atoms with Crippen LogP contribution in [0.3, 0.4) is 0 Å². The number of amides is 1. The molecule has 9 heteroatoms. The Morgan fingerprint density at radius 1 is 1.09 bits per heavy atom. The number of aliphatic hydroxyl groups is 1. The van der Waals surface area contributed by atoms with Crippen LogP contribution < -0.4 is 5.32 Å². The summed E-state index contributed by atoms with van der Waals surface area (Å²) in [5.41, 5.74) is -0.896. The van der Waals surface area contributed by atoms with Crippen LogP contribution in [0.15, 0.2) is 65.6 Å². The van der Waals surface area contributed by atoms with Gasteiger partial charge in [-0.2, -0.15) is 11.3 Å². The van der Waals surface area contributed by atoms with Gasteiger partial charge in [-0.25, -0.2) is 14.8 Å². The van der Waals surface area contributed by atoms with Crippen molar-refractivity contribution in [2.45, 2.75) is 24.5 Å². The fourth-order valence-corrected chi connectivity index (χ4v) is 5.88. The van der Waals surface area contributed by atoms with Gasteiger partial charge in [0, 0.05) is 36.7 Å². The summed E-state index contributed by atoms with van der Waals surface area (Å²) in [4.78, 5) is 34.4. The zero-order chi connectivity index (χ0) is 23.6. The molecular weight excluding hydrogens is 452 g/mol. The van der Waals surface area contributed by atoms with E-state index in [2.05, 4.69) is 15.3 Å². The molecule has 0 spiro atoms. The number of thiophene rings is 1. The molecule has 34 heavy (non-hydrogen) atoms. The lowest BCUT2D eigenvalue weighted by Crippen LogP contribution is -2.66. The van der Waals surface area contributed by atoms with Crippen molar-refractivity contribution in [1.29, 1.82) is 0 Å². The Morgan fingerprint density at radius 2 is 1.82 bits per heavy atom. The molecule has 8 nitrogen and oxygen atoms in total. The zero-order valence-electron chi connectivity index (χ0n) is 18.7. The highest BCUT2D eigenvalue weighted by molar-refractivity contribution is 7.08. The van der Waals surface area contributed by atoms with Crippen molar-refractivity contribution in [2.24, 2.45) is 5.92 Å². The molecule has 176 valence electrons. The van der Waals surface area contributed by atoms with Crippen molar-refractivity contribution in [3.8, 4) is 0 Å². The standard InChI is InChI=1S/C25H26N4O4S/c30-22(28-24-26-10-4-11-27-24)16-29-12-7-18(8-13-29)21(15-29)33-23(31)25(32,20-9-14-34-17-20)19-5-2-1-3-6-19/h1-6,9-11,14,17-18,21,32H,7-8,12-13,15-16H2/p+1/t18?,21?,25-,29?/m1/s1. The van der Waals surface area contributed by atoms with E-state index in [4.69, 9.17) is 4.74 Å². The van der Waals surface area contributed by atoms with Crippen molar-refractivity contribution in [2.75, 3.05) is 31.5 Å². The van der Waals surface area contributed by atoms with Gasteiger partial charge in [-0.1, -0.05) is 30.3 Å². The van der Waals surface area contributed by atoms with E-state index in [-0.39, 0.29) is 30.4 Å². The van der Waals surface area contributed by atoms with E-state index >= 15 is 0 Å². The molecule has 0 aliphatic carbocycles. The Bertz CT molecular complexity index is 1130. The first-order valence-corrected chi connectivity index (χ1v) is 12.4. The number of carbonyl (C=O) groups is 2. The van der Waals surface area contributed by atoms with Crippen molar-refractivity contribution >= 4 is 29.2 Å². The van der Waals surface area contributed by atoms with Crippen LogP contribution in [0.25, 0.3) is 0 Å². The van der Waals surface area contributed by atoms with Gasteiger partial charge in [0.2, 0.25) is 11.5 Å². The van der Waals surface area contributed by atoms with Gasteiger partial charge < -0.3 is 14.3 Å². The largest absolute Gasteiger partial charge is 0.453 e. The maximum atomic E-state index is 13.5. The Morgan fingerprint density at radius 3 is 2.50 bits per heavy atom. The van der Waals surface area contributed by atoms with E-state index in [1.165, 1.54) is 11.3 Å². The highest BCUT2D eigenvalue weighted by Gasteiger charge is 2.51. The average molecular weight is 480 g/mol. The number of ether oxygens (including phenoxy) is 1. The van der Waals surface area contributed by atoms with Crippen LogP contribution in [-0.4, -0.2) is 63.7 Å². The number of piperidine rings is 3. The number of carbonyl (C=O) groups excluding carboxylic acids is 2. The third kappa shape index (κ3) is 4.34. The minimum Gasteiger partial charge on any atom is -0.453 e. The molecule has 6 rings (SSSR count). The topological polar surface area (TPSA) is 101 Å². The Hall–Kier alpha value is -3.14. The minimum atomic E-state index is -1.87. The quantitative estimate of drug-likeness (QED) is 0.399. The van der Waals surface area contributed by atoms with Crippen LogP contribution in [0.5, 0.6) is 0 Å². The molecule has 5 heterocycles. The number of nitrogens with one attached hydrogen (secondary N) is 1. The third-order valence-electron chi connectivity index (χ3n) is 7.02. The summed E-state index contributed by atoms with van der Waals surface area (Å²) in [6.45, 7) is 2.53. The molecule has 1 aromatic carbocycles. The van der Waals surface area contributed by atoms with Crippen molar-refractivity contribution in [3.63, 3.8) is 0 Å². The lowest BCUT2D eigenvalue weighted by Gasteiger charge is -2.51. The number of hydrogen-bond acceptors (Lipinski definition) is 7. The summed E-state index contributed by atoms with van der Waals surface area (Å²) in [5, 5.41) is 18.0. The molecule has 3 aliphatic heterocycles. The van der Waals surface area contributed by atoms with Gasteiger partial charge in [-0.3, -0.25) is 10.1 Å². The predicted molar refractivity (Wildman–Crippen MR) is 127 cm³/mol. The summed E-state index contributed by atoms with van der Waals surface area (Å²) < 4.78 is 6.59. The Kier molecular flexibility index (Phi) is 6.16. The van der Waals surface area contributed by atoms with E-state index in [1.807, 2.05) is 11.4 Å². The first-order chi connectivity index (χ1) is 16.5. The summed E-state index contributed by atoms with van der Waals surface area (Å²) in [7, 11) is 0. The molecule has 2 bridgehead atoms. The number of fused-ring (bicyclic) bond motifs is 3. The summed E-state index contributed by atoms with van der Waals surface area (Å²) >= 11 is 1.42. The van der Waals surface area contributed by atoms with E-state index in [9.17, 15) is 14.7 Å². The average Bonchev–Trinajstić information content (AvgIpc) is 3.40. The molecule has 1 unspecified atom stereocenters. The monoisotopic (exact) mass is 479 g/mol. The second-order valence-corrected chi connectivity index (χ2v) is 9.90. The third-order valence-corrected chi connectivity index (χ3v) is 7.71. The second kappa shape index (κ2) is 9.25. The molecule has 0 radical (unpaired) electrons. The van der Waals surface area contributed by atoms with Crippen LogP contribution in [0, 0.1) is 5.92 Å². The van der Waals surface area contributed by atoms with Gasteiger partial charge in [0.1, 0.15) is 6.54 Å². The fourth-order valence-electron chi connectivity index (χ4n) is 5.18. The first kappa shape index (κ1) is 22.6. The van der Waals surface area contributed by atoms with Gasteiger partial charge in [0.15, 0.2) is 12.6 Å². The molecule has 2 aromatic heterocycles. The number of quaternary nitrogens is 1. The maximum absolute atomic E-state index is 13.5. The predicted octanol–water partition coefficient (Wildman–Crippen LogP) is 2.56. The molecule has 0 saturated carbocycles. The number of aromatic nitrogens is 2. The number of hydrogen-bond donors (Lipinski definition) is 2. The smallest absolute Gasteiger partial charge is 0.348 e. The highest BCUT2D eigenvalue weighted by atomic mass is 32.1. The zero-order valence-corrected chi connectivity index (χ0v) is 19.5. The van der Waals surface area contributed by atoms with Gasteiger partial charge in [-0.05, 0) is 28.5 Å². The summed E-state index contributed by atoms with van der Waals surface area (Å²) in [6, 6.07) is 12.3. The van der Waals surface area contributed by atoms with Crippen LogP contribution in [0.2, 0.25) is 0 Å². The number of benzene rings is 1. The molecular formula is C25H27N4O4S+. The lowest BCUT2D eigenvalue weighted by molar-refractivity contribution is -0.939. The number of rotatable bonds is 7. The SMILES string of the molecule is O=C(C[N+]12CCC(CC1)C(OC(=O)[C@@](O)(c1ccccc1)c1ccsc1)C2)Nc1ncccn1. The van der Waals surface area contributed by atoms with Gasteiger partial charge in [0.05, 0.1) is 13.1 Å². The fraction of sp³-hybridized carbons (Fsp3) is 0.360. The number of nitrogens with zero attached hydrogens (tertiary/aromatic N) is 3. The van der Waals surface area contributed by atoms with E-state index in [1.54, 1.807) is 54.2 Å². The maximum Gasteiger partial charge on any atom is 0.348 e. The van der Waals surface area contributed by atoms with Crippen molar-refractivity contribution in [3.05, 3.63) is 76.7 Å². The van der Waals surface area contributed by atoms with E-state index in [0.717, 1.165) is 25.9 Å². The second-order valence-electron chi connectivity index (χ2n) is 9.12. The van der Waals surface area contributed by atoms with Crippen molar-refractivity contribution in [1.82, 2.24) is 9.97 Å². The molecule has 3 saturated heterocycles. The highest BCUT2D eigenvalue weighted by Crippen LogP contribution is 2.38. The first-order valence-electron chi connectivity index (χ1n) is 11.4. The number of esters is 1. The van der Waals surface area contributed by atoms with Crippen molar-refractivity contribution < 1.29 is 23.9 Å². The lowest BCUT2D eigenvalue weighted by atomic mass is 9.82. The molecule has 2 atom stereocenters. The Labute approximate surface area is 201 Å². The summed E-state index contributed by atoms with van der Waals surface area (Å²) in [5.74, 6) is -0.317. The van der Waals surface area contributed by atoms with Gasteiger partial charge in [0.25, 0.3) is 5.91 Å². The summed E-state index contributed by atoms with van der Waals surface area (Å²) in [6.07, 6.45) is 4.55. The normalized spacial score (nSPS) is 25.3. The van der Waals surface area contributed by atoms with Crippen LogP contribution >= 0.6 is 11.3 Å². The Balaban J connectivity index is 1.32. The minimum absolute atomic E-state index is 0.157. The molecule has 3 aromatic rings.